The third kappa shape index (κ3) is 6.01. The zero-order chi connectivity index (χ0) is 23.3. The second kappa shape index (κ2) is 10.5. The van der Waals surface area contributed by atoms with Crippen LogP contribution in [0.25, 0.3) is 0 Å². The Balaban J connectivity index is 1.48. The van der Waals surface area contributed by atoms with Gasteiger partial charge in [0.15, 0.2) is 15.7 Å². The molecule has 3 aromatic rings. The number of aromatic nitrogens is 2. The highest BCUT2D eigenvalue weighted by molar-refractivity contribution is 7.91. The van der Waals surface area contributed by atoms with E-state index >= 15 is 0 Å². The number of rotatable bonds is 8. The van der Waals surface area contributed by atoms with Crippen LogP contribution in [0.2, 0.25) is 5.02 Å². The van der Waals surface area contributed by atoms with Crippen LogP contribution in [0.4, 0.5) is 23.1 Å². The van der Waals surface area contributed by atoms with Crippen molar-refractivity contribution in [2.45, 2.75) is 37.6 Å². The predicted molar refractivity (Wildman–Crippen MR) is 133 cm³/mol. The monoisotopic (exact) mass is 485 g/mol. The number of halogens is 1. The molecular formula is C24H28ClN5O2S. The lowest BCUT2D eigenvalue weighted by molar-refractivity contribution is 0.221. The minimum absolute atomic E-state index is 0.00373. The summed E-state index contributed by atoms with van der Waals surface area (Å²) in [6, 6.07) is 14.9. The minimum atomic E-state index is -3.40. The Morgan fingerprint density at radius 2 is 1.73 bits per heavy atom. The van der Waals surface area contributed by atoms with Crippen molar-refractivity contribution in [3.8, 4) is 0 Å². The van der Waals surface area contributed by atoms with Gasteiger partial charge in [0.2, 0.25) is 5.95 Å². The molecule has 1 aliphatic heterocycles. The average molecular weight is 486 g/mol. The van der Waals surface area contributed by atoms with E-state index in [2.05, 4.69) is 37.6 Å². The lowest BCUT2D eigenvalue weighted by Crippen LogP contribution is -2.29. The van der Waals surface area contributed by atoms with Crippen LogP contribution in [0, 0.1) is 0 Å². The van der Waals surface area contributed by atoms with Crippen molar-refractivity contribution in [2.24, 2.45) is 0 Å². The number of piperidine rings is 1. The zero-order valence-electron chi connectivity index (χ0n) is 18.6. The molecule has 33 heavy (non-hydrogen) atoms. The molecule has 0 saturated carbocycles. The van der Waals surface area contributed by atoms with E-state index in [0.29, 0.717) is 22.5 Å². The number of nitrogens with one attached hydrogen (secondary N) is 2. The van der Waals surface area contributed by atoms with Gasteiger partial charge in [0, 0.05) is 12.2 Å². The molecule has 2 heterocycles. The fourth-order valence-corrected chi connectivity index (χ4v) is 5.03. The molecule has 7 nitrogen and oxygen atoms in total. The first-order valence-corrected chi connectivity index (χ1v) is 13.2. The molecule has 1 aliphatic rings. The Labute approximate surface area is 200 Å². The Hall–Kier alpha value is -2.68. The van der Waals surface area contributed by atoms with Gasteiger partial charge >= 0.3 is 0 Å². The first kappa shape index (κ1) is 23.5. The molecule has 0 radical (unpaired) electrons. The normalized spacial score (nSPS) is 14.7. The van der Waals surface area contributed by atoms with Crippen LogP contribution in [-0.2, 0) is 16.4 Å². The molecule has 9 heteroatoms. The van der Waals surface area contributed by atoms with Crippen LogP contribution >= 0.6 is 11.6 Å². The van der Waals surface area contributed by atoms with Crippen LogP contribution in [0.5, 0.6) is 0 Å². The van der Waals surface area contributed by atoms with Crippen LogP contribution in [0.3, 0.4) is 0 Å². The van der Waals surface area contributed by atoms with Crippen LogP contribution in [0.15, 0.2) is 59.6 Å². The quantitative estimate of drug-likeness (QED) is 0.441. The molecule has 1 aromatic heterocycles. The predicted octanol–water partition coefficient (Wildman–Crippen LogP) is 5.40. The van der Waals surface area contributed by atoms with Gasteiger partial charge in [-0.25, -0.2) is 13.4 Å². The molecule has 1 fully saturated rings. The molecule has 2 N–H and O–H groups in total. The zero-order valence-corrected chi connectivity index (χ0v) is 20.2. The molecule has 1 saturated heterocycles. The SMILES string of the molecule is CCS(=O)(=O)c1ccccc1Nc1nc(Nc2ccc(CN3CCCCC3)cc2)ncc1Cl. The van der Waals surface area contributed by atoms with Crippen molar-refractivity contribution in [2.75, 3.05) is 29.5 Å². The van der Waals surface area contributed by atoms with Crippen LogP contribution in [-0.4, -0.2) is 42.1 Å². The summed E-state index contributed by atoms with van der Waals surface area (Å²) in [5, 5.41) is 6.54. The largest absolute Gasteiger partial charge is 0.338 e. The van der Waals surface area contributed by atoms with E-state index in [4.69, 9.17) is 11.6 Å². The van der Waals surface area contributed by atoms with E-state index in [1.165, 1.54) is 31.0 Å². The Morgan fingerprint density at radius 3 is 2.45 bits per heavy atom. The maximum Gasteiger partial charge on any atom is 0.229 e. The second-order valence-corrected chi connectivity index (χ2v) is 10.7. The molecule has 0 atom stereocenters. The third-order valence-electron chi connectivity index (χ3n) is 5.66. The van der Waals surface area contributed by atoms with Gasteiger partial charge in [-0.15, -0.1) is 0 Å². The standard InChI is InChI=1S/C24H28ClN5O2S/c1-2-33(31,32)22-9-5-4-8-21(22)28-23-20(25)16-26-24(29-23)27-19-12-10-18(11-13-19)17-30-14-6-3-7-15-30/h4-5,8-13,16H,2-3,6-7,14-15,17H2,1H3,(H2,26,27,28,29). The molecule has 174 valence electrons. The minimum Gasteiger partial charge on any atom is -0.338 e. The highest BCUT2D eigenvalue weighted by Crippen LogP contribution is 2.29. The molecule has 2 aromatic carbocycles. The molecule has 0 amide bonds. The van der Waals surface area contributed by atoms with Gasteiger partial charge in [-0.2, -0.15) is 4.98 Å². The number of hydrogen-bond donors (Lipinski definition) is 2. The summed E-state index contributed by atoms with van der Waals surface area (Å²) in [5.74, 6) is 0.695. The van der Waals surface area contributed by atoms with Gasteiger partial charge < -0.3 is 10.6 Å². The first-order valence-electron chi connectivity index (χ1n) is 11.1. The van der Waals surface area contributed by atoms with E-state index in [1.807, 2.05) is 12.1 Å². The first-order chi connectivity index (χ1) is 15.9. The van der Waals surface area contributed by atoms with Crippen molar-refractivity contribution in [3.05, 3.63) is 65.3 Å². The van der Waals surface area contributed by atoms with Crippen LogP contribution < -0.4 is 10.6 Å². The van der Waals surface area contributed by atoms with E-state index in [-0.39, 0.29) is 10.6 Å². The number of anilines is 4. The van der Waals surface area contributed by atoms with Gasteiger partial charge in [0.1, 0.15) is 5.02 Å². The van der Waals surface area contributed by atoms with Crippen molar-refractivity contribution < 1.29 is 8.42 Å². The van der Waals surface area contributed by atoms with Crippen molar-refractivity contribution in [1.82, 2.24) is 14.9 Å². The van der Waals surface area contributed by atoms with Gasteiger partial charge in [0.05, 0.1) is 22.5 Å². The fraction of sp³-hybridized carbons (Fsp3) is 0.333. The lowest BCUT2D eigenvalue weighted by atomic mass is 10.1. The molecule has 0 aliphatic carbocycles. The lowest BCUT2D eigenvalue weighted by Gasteiger charge is -2.26. The molecule has 0 unspecified atom stereocenters. The van der Waals surface area contributed by atoms with E-state index in [1.54, 1.807) is 31.2 Å². The van der Waals surface area contributed by atoms with E-state index in [0.717, 1.165) is 25.3 Å². The number of nitrogens with zero attached hydrogens (tertiary/aromatic N) is 3. The highest BCUT2D eigenvalue weighted by Gasteiger charge is 2.17. The maximum atomic E-state index is 12.4. The van der Waals surface area contributed by atoms with E-state index < -0.39 is 9.84 Å². The van der Waals surface area contributed by atoms with Gasteiger partial charge in [-0.05, 0) is 55.8 Å². The molecular weight excluding hydrogens is 458 g/mol. The Morgan fingerprint density at radius 1 is 1.00 bits per heavy atom. The second-order valence-electron chi connectivity index (χ2n) is 8.07. The Bertz CT molecular complexity index is 1200. The highest BCUT2D eigenvalue weighted by atomic mass is 35.5. The number of para-hydroxylation sites is 1. The number of likely N-dealkylation sites (tertiary alicyclic amines) is 1. The number of sulfone groups is 1. The molecule has 0 bridgehead atoms. The fourth-order valence-electron chi connectivity index (χ4n) is 3.84. The number of hydrogen-bond acceptors (Lipinski definition) is 7. The van der Waals surface area contributed by atoms with Crippen molar-refractivity contribution >= 4 is 44.6 Å². The summed E-state index contributed by atoms with van der Waals surface area (Å²) in [5.41, 5.74) is 2.56. The molecule has 4 rings (SSSR count). The molecule has 0 spiro atoms. The maximum absolute atomic E-state index is 12.4. The summed E-state index contributed by atoms with van der Waals surface area (Å²) in [6.45, 7) is 4.91. The summed E-state index contributed by atoms with van der Waals surface area (Å²) in [4.78, 5) is 11.4. The average Bonchev–Trinajstić information content (AvgIpc) is 2.83. The number of benzene rings is 2. The van der Waals surface area contributed by atoms with Crippen molar-refractivity contribution in [1.29, 1.82) is 0 Å². The van der Waals surface area contributed by atoms with Crippen molar-refractivity contribution in [3.63, 3.8) is 0 Å². The topological polar surface area (TPSA) is 87.2 Å². The smallest absolute Gasteiger partial charge is 0.229 e. The summed E-state index contributed by atoms with van der Waals surface area (Å²) < 4.78 is 24.9. The van der Waals surface area contributed by atoms with E-state index in [9.17, 15) is 8.42 Å². The summed E-state index contributed by atoms with van der Waals surface area (Å²) >= 11 is 6.29. The van der Waals surface area contributed by atoms with Crippen LogP contribution in [0.1, 0.15) is 31.7 Å². The summed E-state index contributed by atoms with van der Waals surface area (Å²) in [6.07, 6.45) is 5.37. The third-order valence-corrected chi connectivity index (χ3v) is 7.73. The Kier molecular flexibility index (Phi) is 7.47. The van der Waals surface area contributed by atoms with Gasteiger partial charge in [-0.1, -0.05) is 49.2 Å². The summed E-state index contributed by atoms with van der Waals surface area (Å²) in [7, 11) is -3.40. The van der Waals surface area contributed by atoms with Gasteiger partial charge in [-0.3, -0.25) is 4.90 Å². The van der Waals surface area contributed by atoms with Gasteiger partial charge in [0.25, 0.3) is 0 Å².